The van der Waals surface area contributed by atoms with E-state index in [4.69, 9.17) is 5.73 Å². The van der Waals surface area contributed by atoms with Crippen LogP contribution in [-0.4, -0.2) is 36.1 Å². The third-order valence-corrected chi connectivity index (χ3v) is 3.30. The predicted molar refractivity (Wildman–Crippen MR) is 76.1 cm³/mol. The van der Waals surface area contributed by atoms with Gasteiger partial charge < -0.3 is 15.8 Å². The number of pyridine rings is 1. The molecule has 0 aliphatic heterocycles. The number of nitrogens with two attached hydrogens (primary N) is 1. The van der Waals surface area contributed by atoms with Crippen molar-refractivity contribution >= 4 is 29.2 Å². The van der Waals surface area contributed by atoms with Crippen molar-refractivity contribution in [3.8, 4) is 0 Å². The number of methoxy groups -OCH3 is 1. The minimum Gasteiger partial charge on any atom is -0.465 e. The summed E-state index contributed by atoms with van der Waals surface area (Å²) in [4.78, 5) is 15.6. The number of carbonyl (C=O) groups is 1. The Balaban J connectivity index is 2.54. The molecule has 0 saturated heterocycles. The fourth-order valence-electron chi connectivity index (χ4n) is 1.38. The van der Waals surface area contributed by atoms with Gasteiger partial charge in [0.15, 0.2) is 0 Å². The third-order valence-electron chi connectivity index (χ3n) is 2.32. The number of hydrogen-bond donors (Lipinski definition) is 2. The van der Waals surface area contributed by atoms with Gasteiger partial charge >= 0.3 is 5.97 Å². The molecule has 0 spiro atoms. The lowest BCUT2D eigenvalue weighted by Gasteiger charge is -2.08. The Labute approximate surface area is 111 Å². The molecule has 0 unspecified atom stereocenters. The monoisotopic (exact) mass is 269 g/mol. The lowest BCUT2D eigenvalue weighted by Crippen LogP contribution is -2.09. The molecule has 0 radical (unpaired) electrons. The number of hydrogen-bond acceptors (Lipinski definition) is 6. The second-order valence-electron chi connectivity index (χ2n) is 3.63. The van der Waals surface area contributed by atoms with Crippen molar-refractivity contribution in [3.63, 3.8) is 0 Å². The van der Waals surface area contributed by atoms with Crippen LogP contribution in [-0.2, 0) is 4.74 Å². The number of anilines is 2. The van der Waals surface area contributed by atoms with E-state index in [1.54, 1.807) is 6.07 Å². The highest BCUT2D eigenvalue weighted by atomic mass is 32.2. The smallest absolute Gasteiger partial charge is 0.340 e. The summed E-state index contributed by atoms with van der Waals surface area (Å²) in [5.41, 5.74) is 6.34. The zero-order valence-electron chi connectivity index (χ0n) is 10.7. The topological polar surface area (TPSA) is 77.2 Å². The van der Waals surface area contributed by atoms with Crippen molar-refractivity contribution in [2.24, 2.45) is 0 Å². The van der Waals surface area contributed by atoms with Crippen molar-refractivity contribution in [2.45, 2.75) is 13.3 Å². The van der Waals surface area contributed by atoms with Gasteiger partial charge in [0.25, 0.3) is 0 Å². The summed E-state index contributed by atoms with van der Waals surface area (Å²) in [6.45, 7) is 2.97. The summed E-state index contributed by atoms with van der Waals surface area (Å²) in [5.74, 6) is 2.44. The molecule has 1 rings (SSSR count). The van der Waals surface area contributed by atoms with Crippen LogP contribution in [0.15, 0.2) is 12.3 Å². The maximum absolute atomic E-state index is 11.4. The molecule has 5 nitrogen and oxygen atoms in total. The fourth-order valence-corrected chi connectivity index (χ4v) is 2.02. The van der Waals surface area contributed by atoms with Crippen LogP contribution < -0.4 is 11.1 Å². The molecule has 0 bridgehead atoms. The molecule has 0 aliphatic rings. The molecular formula is C12H19N3O2S. The van der Waals surface area contributed by atoms with Gasteiger partial charge in [-0.15, -0.1) is 0 Å². The summed E-state index contributed by atoms with van der Waals surface area (Å²) in [5, 5.41) is 3.16. The molecule has 1 heterocycles. The fraction of sp³-hybridized carbons (Fsp3) is 0.500. The normalized spacial score (nSPS) is 10.1. The number of carbonyl (C=O) groups excluding carboxylic acids is 1. The van der Waals surface area contributed by atoms with Crippen molar-refractivity contribution in [1.29, 1.82) is 0 Å². The number of nitrogen functional groups attached to an aromatic ring is 1. The van der Waals surface area contributed by atoms with E-state index in [0.717, 1.165) is 24.5 Å². The number of ether oxygens (including phenoxy) is 1. The van der Waals surface area contributed by atoms with Crippen molar-refractivity contribution in [2.75, 3.05) is 36.2 Å². The van der Waals surface area contributed by atoms with Crippen LogP contribution in [0.1, 0.15) is 23.7 Å². The average molecular weight is 269 g/mol. The first-order valence-electron chi connectivity index (χ1n) is 5.84. The maximum Gasteiger partial charge on any atom is 0.340 e. The van der Waals surface area contributed by atoms with Gasteiger partial charge in [-0.1, -0.05) is 6.92 Å². The van der Waals surface area contributed by atoms with E-state index in [-0.39, 0.29) is 0 Å². The van der Waals surface area contributed by atoms with Gasteiger partial charge in [0.05, 0.1) is 24.6 Å². The molecule has 0 saturated carbocycles. The van der Waals surface area contributed by atoms with Crippen LogP contribution in [0.5, 0.6) is 0 Å². The molecule has 1 aromatic rings. The third kappa shape index (κ3) is 4.44. The van der Waals surface area contributed by atoms with E-state index in [9.17, 15) is 4.79 Å². The Morgan fingerprint density at radius 1 is 1.61 bits per heavy atom. The van der Waals surface area contributed by atoms with Crippen LogP contribution in [0.3, 0.4) is 0 Å². The summed E-state index contributed by atoms with van der Waals surface area (Å²) in [6.07, 6.45) is 2.52. The molecule has 0 atom stereocenters. The van der Waals surface area contributed by atoms with Gasteiger partial charge in [-0.25, -0.2) is 9.78 Å². The largest absolute Gasteiger partial charge is 0.465 e. The Morgan fingerprint density at radius 3 is 3.06 bits per heavy atom. The minimum atomic E-state index is -0.445. The van der Waals surface area contributed by atoms with Crippen LogP contribution in [0.25, 0.3) is 0 Å². The van der Waals surface area contributed by atoms with E-state index in [2.05, 4.69) is 22.0 Å². The van der Waals surface area contributed by atoms with Crippen LogP contribution in [0, 0.1) is 0 Å². The molecule has 100 valence electrons. The van der Waals surface area contributed by atoms with E-state index < -0.39 is 5.97 Å². The summed E-state index contributed by atoms with van der Waals surface area (Å²) < 4.78 is 4.65. The molecule has 0 aromatic carbocycles. The van der Waals surface area contributed by atoms with E-state index in [1.807, 2.05) is 11.8 Å². The first kappa shape index (κ1) is 14.6. The number of nitrogens with zero attached hydrogens (tertiary/aromatic N) is 1. The maximum atomic E-state index is 11.4. The molecule has 1 aromatic heterocycles. The van der Waals surface area contributed by atoms with Crippen molar-refractivity contribution in [1.82, 2.24) is 4.98 Å². The SMILES string of the molecule is CCSCCCNc1cc(C(=O)OC)c(N)cn1. The van der Waals surface area contributed by atoms with Crippen molar-refractivity contribution in [3.05, 3.63) is 17.8 Å². The molecule has 18 heavy (non-hydrogen) atoms. The summed E-state index contributed by atoms with van der Waals surface area (Å²) in [6, 6.07) is 1.62. The van der Waals surface area contributed by atoms with E-state index in [0.29, 0.717) is 17.1 Å². The average Bonchev–Trinajstić information content (AvgIpc) is 2.39. The minimum absolute atomic E-state index is 0.328. The van der Waals surface area contributed by atoms with Crippen LogP contribution >= 0.6 is 11.8 Å². The highest BCUT2D eigenvalue weighted by Crippen LogP contribution is 2.15. The Kier molecular flexibility index (Phi) is 6.35. The van der Waals surface area contributed by atoms with Crippen LogP contribution in [0.4, 0.5) is 11.5 Å². The van der Waals surface area contributed by atoms with E-state index in [1.165, 1.54) is 13.3 Å². The number of nitrogens with one attached hydrogen (secondary N) is 1. The first-order chi connectivity index (χ1) is 8.69. The van der Waals surface area contributed by atoms with Gasteiger partial charge in [-0.2, -0.15) is 11.8 Å². The lowest BCUT2D eigenvalue weighted by atomic mass is 10.2. The molecule has 0 amide bonds. The van der Waals surface area contributed by atoms with E-state index >= 15 is 0 Å². The number of aromatic nitrogens is 1. The summed E-state index contributed by atoms with van der Waals surface area (Å²) >= 11 is 1.90. The van der Waals surface area contributed by atoms with Crippen molar-refractivity contribution < 1.29 is 9.53 Å². The number of thioether (sulfide) groups is 1. The highest BCUT2D eigenvalue weighted by molar-refractivity contribution is 7.99. The molecule has 6 heteroatoms. The molecule has 0 fully saturated rings. The van der Waals surface area contributed by atoms with Crippen LogP contribution in [0.2, 0.25) is 0 Å². The highest BCUT2D eigenvalue weighted by Gasteiger charge is 2.11. The number of rotatable bonds is 7. The van der Waals surface area contributed by atoms with Gasteiger partial charge in [-0.05, 0) is 24.0 Å². The summed E-state index contributed by atoms with van der Waals surface area (Å²) in [7, 11) is 1.33. The van der Waals surface area contributed by atoms with Gasteiger partial charge in [0.2, 0.25) is 0 Å². The quantitative estimate of drug-likeness (QED) is 0.582. The zero-order valence-corrected chi connectivity index (χ0v) is 11.5. The Morgan fingerprint density at radius 2 is 2.39 bits per heavy atom. The standard InChI is InChI=1S/C12H19N3O2S/c1-3-18-6-4-5-14-11-7-9(12(16)17-2)10(13)8-15-11/h7-8H,3-6,13H2,1-2H3,(H,14,15). The van der Waals surface area contributed by atoms with Gasteiger partial charge in [0, 0.05) is 6.54 Å². The molecular weight excluding hydrogens is 250 g/mol. The predicted octanol–water partition coefficient (Wildman–Crippen LogP) is 2.01. The van der Waals surface area contributed by atoms with Gasteiger partial charge in [0.1, 0.15) is 5.82 Å². The molecule has 3 N–H and O–H groups in total. The Bertz CT molecular complexity index is 399. The lowest BCUT2D eigenvalue weighted by molar-refractivity contribution is 0.0602. The van der Waals surface area contributed by atoms with Gasteiger partial charge in [-0.3, -0.25) is 0 Å². The first-order valence-corrected chi connectivity index (χ1v) is 7.00. The second-order valence-corrected chi connectivity index (χ2v) is 5.02. The number of esters is 1. The zero-order chi connectivity index (χ0) is 13.4. The molecule has 0 aliphatic carbocycles. The second kappa shape index (κ2) is 7.81. The Hall–Kier alpha value is -1.43.